The fourth-order valence-corrected chi connectivity index (χ4v) is 4.67. The van der Waals surface area contributed by atoms with E-state index in [-0.39, 0.29) is 12.1 Å². The van der Waals surface area contributed by atoms with Crippen LogP contribution in [0.2, 0.25) is 0 Å². The predicted octanol–water partition coefficient (Wildman–Crippen LogP) is 3.08. The first-order chi connectivity index (χ1) is 13.6. The van der Waals surface area contributed by atoms with Crippen LogP contribution < -0.4 is 21.7 Å². The van der Waals surface area contributed by atoms with E-state index in [0.29, 0.717) is 25.6 Å². The largest absolute Gasteiger partial charge is 0.390 e. The summed E-state index contributed by atoms with van der Waals surface area (Å²) in [4.78, 5) is 0. The molecule has 6 nitrogen and oxygen atoms in total. The lowest BCUT2D eigenvalue weighted by Crippen LogP contribution is -2.47. The molecule has 0 aromatic rings. The smallest absolute Gasteiger partial charge is 0.162 e. The molecule has 0 spiro atoms. The Morgan fingerprint density at radius 3 is 2.45 bits per heavy atom. The Labute approximate surface area is 179 Å². The van der Waals surface area contributed by atoms with Gasteiger partial charge in [-0.05, 0) is 51.6 Å². The number of nitrogens with two attached hydrogens (primary N) is 1. The van der Waals surface area contributed by atoms with Gasteiger partial charge in [-0.3, -0.25) is 4.67 Å². The van der Waals surface area contributed by atoms with Crippen molar-refractivity contribution in [3.63, 3.8) is 0 Å². The number of nitrogens with zero attached hydrogens (tertiary/aromatic N) is 1. The molecule has 29 heavy (non-hydrogen) atoms. The lowest BCUT2D eigenvalue weighted by atomic mass is 10.1. The molecule has 0 aromatic carbocycles. The average Bonchev–Trinajstić information content (AvgIpc) is 2.70. The molecule has 5 N–H and O–H groups in total. The first kappa shape index (κ1) is 27.8. The monoisotopic (exact) mass is 425 g/mol. The highest BCUT2D eigenvalue weighted by Gasteiger charge is 2.35. The first-order valence-electron chi connectivity index (χ1n) is 10.4. The van der Waals surface area contributed by atoms with Crippen LogP contribution in [-0.4, -0.2) is 55.3 Å². The van der Waals surface area contributed by atoms with Gasteiger partial charge >= 0.3 is 0 Å². The summed E-state index contributed by atoms with van der Waals surface area (Å²) in [6.07, 6.45) is 7.77. The van der Waals surface area contributed by atoms with Gasteiger partial charge in [0.15, 0.2) is 7.95 Å². The molecule has 0 aliphatic carbocycles. The number of rotatable bonds is 17. The van der Waals surface area contributed by atoms with Crippen molar-refractivity contribution in [1.82, 2.24) is 20.6 Å². The second kappa shape index (κ2) is 14.8. The molecule has 0 aliphatic heterocycles. The Hall–Kier alpha value is -1.17. The van der Waals surface area contributed by atoms with E-state index >= 15 is 0 Å². The summed E-state index contributed by atoms with van der Waals surface area (Å²) < 4.78 is 15.6. The van der Waals surface area contributed by atoms with Gasteiger partial charge < -0.3 is 26.2 Å². The maximum atomic E-state index is 13.6. The van der Waals surface area contributed by atoms with Gasteiger partial charge in [-0.15, -0.1) is 0 Å². The minimum Gasteiger partial charge on any atom is -0.390 e. The van der Waals surface area contributed by atoms with Crippen molar-refractivity contribution in [1.29, 1.82) is 0 Å². The average molecular weight is 426 g/mol. The highest BCUT2D eigenvalue weighted by Crippen LogP contribution is 2.44. The van der Waals surface area contributed by atoms with E-state index in [2.05, 4.69) is 56.5 Å². The lowest BCUT2D eigenvalue weighted by molar-refractivity contribution is 0.351. The van der Waals surface area contributed by atoms with Gasteiger partial charge in [0.05, 0.1) is 0 Å². The summed E-state index contributed by atoms with van der Waals surface area (Å²) in [5.41, 5.74) is 7.17. The van der Waals surface area contributed by atoms with Gasteiger partial charge in [-0.25, -0.2) is 0 Å². The summed E-state index contributed by atoms with van der Waals surface area (Å²) >= 11 is 0. The van der Waals surface area contributed by atoms with Crippen LogP contribution in [0.1, 0.15) is 34.1 Å². The molecule has 0 saturated heterocycles. The van der Waals surface area contributed by atoms with Gasteiger partial charge in [0.1, 0.15) is 5.28 Å². The summed E-state index contributed by atoms with van der Waals surface area (Å²) in [5.74, 6) is 0.577. The molecule has 0 heterocycles. The fourth-order valence-electron chi connectivity index (χ4n) is 2.82. The molecule has 7 heteroatoms. The molecule has 0 radical (unpaired) electrons. The summed E-state index contributed by atoms with van der Waals surface area (Å²) in [6, 6.07) is 0.192. The number of allylic oxidation sites excluding steroid dienone is 2. The van der Waals surface area contributed by atoms with E-state index in [1.807, 2.05) is 30.8 Å². The Bertz CT molecular complexity index is 563. The third kappa shape index (κ3) is 9.92. The summed E-state index contributed by atoms with van der Waals surface area (Å²) in [7, 11) is -0.416. The molecule has 4 unspecified atom stereocenters. The number of nitrogens with one attached hydrogen (secondary N) is 3. The highest BCUT2D eigenvalue weighted by atomic mass is 31.1. The Morgan fingerprint density at radius 2 is 1.93 bits per heavy atom. The van der Waals surface area contributed by atoms with Crippen LogP contribution in [-0.2, 0) is 4.57 Å². The van der Waals surface area contributed by atoms with Crippen LogP contribution >= 0.6 is 7.95 Å². The topological polar surface area (TPSA) is 82.4 Å². The van der Waals surface area contributed by atoms with Crippen molar-refractivity contribution in [2.45, 2.75) is 51.5 Å². The second-order valence-electron chi connectivity index (χ2n) is 7.99. The van der Waals surface area contributed by atoms with Crippen LogP contribution in [0, 0.1) is 5.92 Å². The van der Waals surface area contributed by atoms with E-state index in [4.69, 9.17) is 5.73 Å². The molecule has 0 fully saturated rings. The van der Waals surface area contributed by atoms with Crippen molar-refractivity contribution in [3.05, 3.63) is 49.7 Å². The maximum absolute atomic E-state index is 13.6. The van der Waals surface area contributed by atoms with E-state index in [1.165, 1.54) is 0 Å². The normalized spacial score (nSPS) is 17.1. The molecule has 4 atom stereocenters. The van der Waals surface area contributed by atoms with Crippen molar-refractivity contribution in [2.75, 3.05) is 33.2 Å². The third-order valence-electron chi connectivity index (χ3n) is 5.18. The third-order valence-corrected chi connectivity index (χ3v) is 7.63. The first-order valence-corrected chi connectivity index (χ1v) is 11.8. The Morgan fingerprint density at radius 1 is 1.28 bits per heavy atom. The van der Waals surface area contributed by atoms with Gasteiger partial charge in [-0.1, -0.05) is 51.8 Å². The van der Waals surface area contributed by atoms with Gasteiger partial charge in [0.2, 0.25) is 0 Å². The van der Waals surface area contributed by atoms with Crippen molar-refractivity contribution in [3.8, 4) is 0 Å². The number of likely N-dealkylation sites (N-methyl/N-ethyl adjacent to an activating group) is 1. The molecule has 0 aliphatic rings. The van der Waals surface area contributed by atoms with Crippen LogP contribution in [0.3, 0.4) is 0 Å². The molecule has 0 saturated carbocycles. The molecule has 0 amide bonds. The van der Waals surface area contributed by atoms with Gasteiger partial charge in [0, 0.05) is 31.7 Å². The predicted molar refractivity (Wildman–Crippen MR) is 130 cm³/mol. The molecular formula is C22H44N5OP. The minimum atomic E-state index is -2.23. The fraction of sp³-hybridized carbons (Fsp3) is 0.636. The Balaban J connectivity index is 5.24. The number of hydrogen-bond donors (Lipinski definition) is 4. The molecule has 168 valence electrons. The maximum Gasteiger partial charge on any atom is 0.162 e. The Kier molecular flexibility index (Phi) is 14.2. The highest BCUT2D eigenvalue weighted by molar-refractivity contribution is 7.44. The van der Waals surface area contributed by atoms with Gasteiger partial charge in [-0.2, -0.15) is 0 Å². The zero-order valence-electron chi connectivity index (χ0n) is 19.1. The van der Waals surface area contributed by atoms with Crippen LogP contribution in [0.25, 0.3) is 0 Å². The van der Waals surface area contributed by atoms with Crippen molar-refractivity contribution < 1.29 is 4.57 Å². The van der Waals surface area contributed by atoms with Crippen LogP contribution in [0.5, 0.6) is 0 Å². The second-order valence-corrected chi connectivity index (χ2v) is 10.2. The molecule has 0 aromatic heterocycles. The van der Waals surface area contributed by atoms with E-state index in [9.17, 15) is 4.57 Å². The van der Waals surface area contributed by atoms with Crippen molar-refractivity contribution >= 4 is 7.95 Å². The lowest BCUT2D eigenvalue weighted by Gasteiger charge is -2.36. The van der Waals surface area contributed by atoms with Gasteiger partial charge in [0.25, 0.3) is 0 Å². The van der Waals surface area contributed by atoms with E-state index in [1.54, 1.807) is 12.3 Å². The van der Waals surface area contributed by atoms with E-state index in [0.717, 1.165) is 18.5 Å². The summed E-state index contributed by atoms with van der Waals surface area (Å²) in [6.45, 7) is 22.8. The van der Waals surface area contributed by atoms with Crippen LogP contribution in [0.15, 0.2) is 49.7 Å². The summed E-state index contributed by atoms with van der Waals surface area (Å²) in [5, 5.41) is 9.09. The molecule has 0 bridgehead atoms. The van der Waals surface area contributed by atoms with Crippen LogP contribution in [0.4, 0.5) is 0 Å². The zero-order valence-corrected chi connectivity index (χ0v) is 20.1. The minimum absolute atomic E-state index is 0.0110. The molecular weight excluding hydrogens is 381 g/mol. The number of hydrogen-bond acceptors (Lipinski definition) is 5. The van der Waals surface area contributed by atoms with Crippen molar-refractivity contribution in [2.24, 2.45) is 11.7 Å². The molecule has 0 rings (SSSR count). The van der Waals surface area contributed by atoms with E-state index < -0.39 is 13.2 Å². The SMILES string of the molecule is C=C/C=C\C(=C)C(C)(NC)[PH](=O)N(CCNC=C)CCC(N)C(C)NCC(C)C. The zero-order chi connectivity index (χ0) is 22.4. The quantitative estimate of drug-likeness (QED) is 0.163. The standard InChI is InChI=1S/C22H44N5OP/c1-9-11-12-19(5)22(7,24-8)29(28)27(16-14-25-10-2)15-13-21(23)20(6)26-17-18(3)4/h9-12,18,20-21,24-26,29H,1-2,5,13-17,23H2,3-4,6-8H3/b12-11-.